The number of para-hydroxylation sites is 1. The lowest BCUT2D eigenvalue weighted by molar-refractivity contribution is -0.137. The number of halogens is 2. The highest BCUT2D eigenvalue weighted by Crippen LogP contribution is 2.40. The van der Waals surface area contributed by atoms with Crippen molar-refractivity contribution < 1.29 is 31.6 Å². The van der Waals surface area contributed by atoms with Crippen molar-refractivity contribution in [3.8, 4) is 0 Å². The molecule has 2 atom stereocenters. The van der Waals surface area contributed by atoms with Crippen molar-refractivity contribution in [2.75, 3.05) is 25.0 Å². The lowest BCUT2D eigenvalue weighted by Crippen LogP contribution is -2.51. The van der Waals surface area contributed by atoms with Crippen LogP contribution in [0.15, 0.2) is 42.5 Å². The smallest absolute Gasteiger partial charge is 0.322 e. The molecule has 3 aliphatic heterocycles. The SMILES string of the molecule is CC(C)CCN1C(=O)C(CC(=O)N2CCC(N3Cc4ccccc4NC3=O)CC2)S(=O)(=O)C1c1ccc(F)cc1F. The van der Waals surface area contributed by atoms with Crippen molar-refractivity contribution in [3.63, 3.8) is 0 Å². The predicted molar refractivity (Wildman–Crippen MR) is 148 cm³/mol. The Hall–Kier alpha value is -3.54. The summed E-state index contributed by atoms with van der Waals surface area (Å²) in [5, 5.41) is -0.381. The molecule has 2 aromatic carbocycles. The minimum atomic E-state index is -4.35. The summed E-state index contributed by atoms with van der Waals surface area (Å²) in [4.78, 5) is 43.8. The van der Waals surface area contributed by atoms with Crippen LogP contribution in [0, 0.1) is 17.6 Å². The zero-order valence-electron chi connectivity index (χ0n) is 23.1. The molecular formula is C29H34F2N4O5S. The summed E-state index contributed by atoms with van der Waals surface area (Å²) in [5.74, 6) is -3.00. The number of benzene rings is 2. The molecule has 220 valence electrons. The molecule has 0 saturated carbocycles. The number of carbonyl (C=O) groups is 3. The number of nitrogens with one attached hydrogen (secondary N) is 1. The Kier molecular flexibility index (Phi) is 8.04. The van der Waals surface area contributed by atoms with Crippen molar-refractivity contribution in [3.05, 3.63) is 65.2 Å². The third-order valence-corrected chi connectivity index (χ3v) is 10.5. The van der Waals surface area contributed by atoms with Crippen molar-refractivity contribution in [2.45, 2.75) is 62.7 Å². The molecule has 5 rings (SSSR count). The fourth-order valence-electron chi connectivity index (χ4n) is 5.88. The van der Waals surface area contributed by atoms with Gasteiger partial charge in [0.15, 0.2) is 20.5 Å². The molecule has 41 heavy (non-hydrogen) atoms. The first-order valence-corrected chi connectivity index (χ1v) is 15.5. The molecule has 0 aromatic heterocycles. The van der Waals surface area contributed by atoms with E-state index in [1.165, 1.54) is 4.90 Å². The van der Waals surface area contributed by atoms with E-state index in [-0.39, 0.29) is 30.1 Å². The number of amides is 4. The topological polar surface area (TPSA) is 107 Å². The molecule has 0 radical (unpaired) electrons. The van der Waals surface area contributed by atoms with Crippen LogP contribution >= 0.6 is 0 Å². The van der Waals surface area contributed by atoms with Crippen LogP contribution in [0.25, 0.3) is 0 Å². The van der Waals surface area contributed by atoms with Crippen LogP contribution in [0.5, 0.6) is 0 Å². The van der Waals surface area contributed by atoms with E-state index >= 15 is 0 Å². The largest absolute Gasteiger partial charge is 0.342 e. The minimum absolute atomic E-state index is 0.0638. The van der Waals surface area contributed by atoms with Gasteiger partial charge < -0.3 is 20.0 Å². The van der Waals surface area contributed by atoms with Crippen molar-refractivity contribution in [1.82, 2.24) is 14.7 Å². The average molecular weight is 589 g/mol. The molecule has 2 aromatic rings. The van der Waals surface area contributed by atoms with E-state index < -0.39 is 50.3 Å². The number of sulfone groups is 1. The fourth-order valence-corrected chi connectivity index (χ4v) is 8.09. The highest BCUT2D eigenvalue weighted by molar-refractivity contribution is 7.93. The Bertz CT molecular complexity index is 1460. The van der Waals surface area contributed by atoms with E-state index in [0.717, 1.165) is 28.3 Å². The number of nitrogens with zero attached hydrogens (tertiary/aromatic N) is 3. The van der Waals surface area contributed by atoms with Gasteiger partial charge >= 0.3 is 6.03 Å². The van der Waals surface area contributed by atoms with Gasteiger partial charge in [-0.3, -0.25) is 9.59 Å². The Balaban J connectivity index is 1.28. The summed E-state index contributed by atoms with van der Waals surface area (Å²) in [5.41, 5.74) is 1.48. The maximum Gasteiger partial charge on any atom is 0.322 e. The third kappa shape index (κ3) is 5.66. The molecule has 2 fully saturated rings. The first kappa shape index (κ1) is 29.0. The van der Waals surface area contributed by atoms with Crippen molar-refractivity contribution in [1.29, 1.82) is 0 Å². The van der Waals surface area contributed by atoms with Gasteiger partial charge in [-0.2, -0.15) is 0 Å². The van der Waals surface area contributed by atoms with Gasteiger partial charge in [-0.05, 0) is 42.9 Å². The van der Waals surface area contributed by atoms with Crippen molar-refractivity contribution in [2.24, 2.45) is 5.92 Å². The van der Waals surface area contributed by atoms with Crippen LogP contribution in [0.2, 0.25) is 0 Å². The number of piperidine rings is 1. The molecule has 0 spiro atoms. The van der Waals surface area contributed by atoms with E-state index in [1.54, 1.807) is 4.90 Å². The van der Waals surface area contributed by atoms with Crippen LogP contribution < -0.4 is 5.32 Å². The number of urea groups is 1. The van der Waals surface area contributed by atoms with Crippen molar-refractivity contribution >= 4 is 33.4 Å². The highest BCUT2D eigenvalue weighted by Gasteiger charge is 2.54. The van der Waals surface area contributed by atoms with E-state index in [1.807, 2.05) is 38.1 Å². The number of hydrogen-bond donors (Lipinski definition) is 1. The van der Waals surface area contributed by atoms with Crippen LogP contribution in [0.4, 0.5) is 19.3 Å². The van der Waals surface area contributed by atoms with Gasteiger partial charge in [-0.15, -0.1) is 0 Å². The maximum atomic E-state index is 14.8. The first-order chi connectivity index (χ1) is 19.5. The molecule has 3 aliphatic rings. The van der Waals surface area contributed by atoms with Gasteiger partial charge in [-0.25, -0.2) is 22.0 Å². The predicted octanol–water partition coefficient (Wildman–Crippen LogP) is 4.06. The average Bonchev–Trinajstić information content (AvgIpc) is 3.11. The van der Waals surface area contributed by atoms with Crippen LogP contribution in [0.3, 0.4) is 0 Å². The van der Waals surface area contributed by atoms with Gasteiger partial charge in [0.1, 0.15) is 11.6 Å². The molecule has 4 amide bonds. The number of likely N-dealkylation sites (tertiary alicyclic amines) is 1. The van der Waals surface area contributed by atoms with Crippen LogP contribution in [0.1, 0.15) is 56.0 Å². The van der Waals surface area contributed by atoms with Gasteiger partial charge in [0, 0.05) is 49.5 Å². The molecule has 2 saturated heterocycles. The number of anilines is 1. The molecule has 2 unspecified atom stereocenters. The van der Waals surface area contributed by atoms with E-state index in [4.69, 9.17) is 0 Å². The Labute approximate surface area is 238 Å². The Morgan fingerprint density at radius 1 is 1.07 bits per heavy atom. The minimum Gasteiger partial charge on any atom is -0.342 e. The maximum absolute atomic E-state index is 14.8. The molecule has 12 heteroatoms. The van der Waals surface area contributed by atoms with E-state index in [2.05, 4.69) is 5.32 Å². The second-order valence-corrected chi connectivity index (χ2v) is 13.5. The number of fused-ring (bicyclic) bond motifs is 1. The summed E-state index contributed by atoms with van der Waals surface area (Å²) >= 11 is 0. The standard InChI is InChI=1S/C29H34F2N4O5S/c1-18(2)9-14-34-27(37)25(41(39,40)28(34)22-8-7-20(30)15-23(22)31)16-26(36)33-12-10-21(11-13-33)35-17-19-5-3-4-6-24(19)32-29(35)38/h3-8,15,18,21,25,28H,9-14,16-17H2,1-2H3,(H,32,38). The van der Waals surface area contributed by atoms with E-state index in [0.29, 0.717) is 45.0 Å². The number of carbonyl (C=O) groups excluding carboxylic acids is 3. The van der Waals surface area contributed by atoms with Crippen LogP contribution in [-0.2, 0) is 26.0 Å². The number of hydrogen-bond acceptors (Lipinski definition) is 5. The fraction of sp³-hybridized carbons (Fsp3) is 0.483. The zero-order valence-corrected chi connectivity index (χ0v) is 23.9. The normalized spacial score (nSPS) is 22.7. The summed E-state index contributed by atoms with van der Waals surface area (Å²) in [6.45, 7) is 4.97. The third-order valence-electron chi connectivity index (χ3n) is 8.20. The molecule has 0 bridgehead atoms. The summed E-state index contributed by atoms with van der Waals surface area (Å²) < 4.78 is 55.7. The molecular weight excluding hydrogens is 554 g/mol. The highest BCUT2D eigenvalue weighted by atomic mass is 32.2. The van der Waals surface area contributed by atoms with Gasteiger partial charge in [0.2, 0.25) is 11.8 Å². The van der Waals surface area contributed by atoms with Crippen LogP contribution in [-0.4, -0.2) is 71.9 Å². The summed E-state index contributed by atoms with van der Waals surface area (Å²) in [7, 11) is -4.35. The van der Waals surface area contributed by atoms with Gasteiger partial charge in [0.05, 0.1) is 6.42 Å². The Morgan fingerprint density at radius 3 is 2.46 bits per heavy atom. The molecule has 1 N–H and O–H groups in total. The summed E-state index contributed by atoms with van der Waals surface area (Å²) in [6.07, 6.45) is 0.942. The second-order valence-electron chi connectivity index (χ2n) is 11.3. The molecule has 0 aliphatic carbocycles. The molecule has 3 heterocycles. The van der Waals surface area contributed by atoms with Gasteiger partial charge in [-0.1, -0.05) is 38.1 Å². The van der Waals surface area contributed by atoms with Gasteiger partial charge in [0.25, 0.3) is 0 Å². The first-order valence-electron chi connectivity index (χ1n) is 13.9. The lowest BCUT2D eigenvalue weighted by Gasteiger charge is -2.40. The number of rotatable bonds is 7. The summed E-state index contributed by atoms with van der Waals surface area (Å²) in [6, 6.07) is 9.88. The second kappa shape index (κ2) is 11.4. The monoisotopic (exact) mass is 588 g/mol. The lowest BCUT2D eigenvalue weighted by atomic mass is 10.0. The molecule has 9 nitrogen and oxygen atoms in total. The quantitative estimate of drug-likeness (QED) is 0.525. The van der Waals surface area contributed by atoms with E-state index in [9.17, 15) is 31.6 Å². The zero-order chi connectivity index (χ0) is 29.5. The Morgan fingerprint density at radius 2 is 1.78 bits per heavy atom.